The summed E-state index contributed by atoms with van der Waals surface area (Å²) in [6.07, 6.45) is 2.74. The molecule has 0 aromatic heterocycles. The number of likely N-dealkylation sites (N-methyl/N-ethyl adjacent to an activating group) is 1. The van der Waals surface area contributed by atoms with Gasteiger partial charge in [0, 0.05) is 71.0 Å². The Kier molecular flexibility index (Phi) is 5.30. The zero-order valence-electron chi connectivity index (χ0n) is 25.6. The maximum atomic E-state index is 13.4. The van der Waals surface area contributed by atoms with Crippen LogP contribution in [0.5, 0.6) is 0 Å². The molecule has 8 unspecified atom stereocenters. The van der Waals surface area contributed by atoms with Gasteiger partial charge in [0.2, 0.25) is 35.4 Å². The van der Waals surface area contributed by atoms with Gasteiger partial charge in [0.05, 0.1) is 16.2 Å². The summed E-state index contributed by atoms with van der Waals surface area (Å²) in [5, 5.41) is 17.7. The Balaban J connectivity index is 0.902. The fourth-order valence-corrected chi connectivity index (χ4v) is 10.7. The summed E-state index contributed by atoms with van der Waals surface area (Å²) in [6, 6.07) is -0.252. The number of nitrogens with zero attached hydrogens (tertiary/aromatic N) is 3. The lowest BCUT2D eigenvalue weighted by molar-refractivity contribution is -0.149. The van der Waals surface area contributed by atoms with Crippen molar-refractivity contribution in [1.82, 2.24) is 46.6 Å². The standard InChI is InChI=1S/C30H41N9O6/c1-2-37-15-26(8-29(37)12-33-23(29)44)17(35-20(26)41)4-6-39-16-27(9-30(39)13-34-24(30)45)18(36-21(27)42)3-5-38-14-25(10-31-19(25)40)7-28(38)11-32-22(28)43/h17-18H,2-16H2,1H3,(H,31,40)(H,32,43)(H,33,44)(H,34,45)(H,35,41)(H,36,42). The minimum atomic E-state index is -0.756. The Labute approximate surface area is 260 Å². The van der Waals surface area contributed by atoms with Gasteiger partial charge in [0.25, 0.3) is 0 Å². The van der Waals surface area contributed by atoms with Crippen LogP contribution in [0.3, 0.4) is 0 Å². The van der Waals surface area contributed by atoms with Crippen molar-refractivity contribution in [1.29, 1.82) is 0 Å². The molecular formula is C30H41N9O6. The smallest absolute Gasteiger partial charge is 0.242 e. The maximum Gasteiger partial charge on any atom is 0.242 e. The van der Waals surface area contributed by atoms with Crippen molar-refractivity contribution in [3.63, 3.8) is 0 Å². The van der Waals surface area contributed by atoms with E-state index in [0.29, 0.717) is 97.6 Å². The Morgan fingerprint density at radius 3 is 1.36 bits per heavy atom. The number of carbonyl (C=O) groups excluding carboxylic acids is 6. The molecular weight excluding hydrogens is 582 g/mol. The largest absolute Gasteiger partial charge is 0.354 e. The average Bonchev–Trinajstić information content (AvgIpc) is 3.75. The van der Waals surface area contributed by atoms with Crippen molar-refractivity contribution < 1.29 is 28.8 Å². The first-order valence-corrected chi connectivity index (χ1v) is 16.5. The summed E-state index contributed by atoms with van der Waals surface area (Å²) in [4.78, 5) is 83.9. The molecule has 0 radical (unpaired) electrons. The van der Waals surface area contributed by atoms with Gasteiger partial charge in [-0.3, -0.25) is 43.5 Å². The second kappa shape index (κ2) is 8.53. The lowest BCUT2D eigenvalue weighted by atomic mass is 9.66. The van der Waals surface area contributed by atoms with E-state index >= 15 is 0 Å². The van der Waals surface area contributed by atoms with Crippen LogP contribution >= 0.6 is 0 Å². The molecule has 9 aliphatic rings. The van der Waals surface area contributed by atoms with Crippen LogP contribution in [0.4, 0.5) is 0 Å². The predicted molar refractivity (Wildman–Crippen MR) is 155 cm³/mol. The summed E-state index contributed by atoms with van der Waals surface area (Å²) in [5.41, 5.74) is -3.87. The van der Waals surface area contributed by atoms with Crippen LogP contribution in [0, 0.1) is 16.2 Å². The molecule has 0 bridgehead atoms. The van der Waals surface area contributed by atoms with Gasteiger partial charge in [0.1, 0.15) is 16.6 Å². The van der Waals surface area contributed by atoms with E-state index in [0.717, 1.165) is 0 Å². The number of hydrogen-bond donors (Lipinski definition) is 6. The molecule has 9 heterocycles. The van der Waals surface area contributed by atoms with Crippen LogP contribution < -0.4 is 31.9 Å². The molecule has 9 fully saturated rings. The van der Waals surface area contributed by atoms with Crippen molar-refractivity contribution in [2.45, 2.75) is 67.7 Å². The van der Waals surface area contributed by atoms with Crippen molar-refractivity contribution >= 4 is 35.4 Å². The van der Waals surface area contributed by atoms with Gasteiger partial charge in [0.15, 0.2) is 0 Å². The molecule has 9 rings (SSSR count). The molecule has 15 heteroatoms. The monoisotopic (exact) mass is 623 g/mol. The molecule has 6 amide bonds. The first-order valence-electron chi connectivity index (χ1n) is 16.5. The van der Waals surface area contributed by atoms with E-state index in [4.69, 9.17) is 0 Å². The molecule has 8 atom stereocenters. The minimum absolute atomic E-state index is 0.00259. The van der Waals surface area contributed by atoms with Gasteiger partial charge in [-0.15, -0.1) is 0 Å². The van der Waals surface area contributed by atoms with Crippen LogP contribution in [0.25, 0.3) is 0 Å². The van der Waals surface area contributed by atoms with Crippen molar-refractivity contribution in [3.05, 3.63) is 0 Å². The minimum Gasteiger partial charge on any atom is -0.354 e. The second-order valence-corrected chi connectivity index (χ2v) is 15.4. The first kappa shape index (κ1) is 28.0. The molecule has 6 N–H and O–H groups in total. The topological polar surface area (TPSA) is 184 Å². The third kappa shape index (κ3) is 3.12. The summed E-state index contributed by atoms with van der Waals surface area (Å²) in [5.74, 6) is -0.124. The number of amides is 6. The third-order valence-corrected chi connectivity index (χ3v) is 13.7. The van der Waals surface area contributed by atoms with Crippen LogP contribution in [-0.2, 0) is 28.8 Å². The molecule has 9 aliphatic heterocycles. The highest BCUT2D eigenvalue weighted by atomic mass is 16.2. The normalized spacial score (nSPS) is 47.9. The van der Waals surface area contributed by atoms with E-state index in [-0.39, 0.29) is 47.5 Å². The molecule has 0 aliphatic carbocycles. The van der Waals surface area contributed by atoms with Crippen molar-refractivity contribution in [2.24, 2.45) is 16.2 Å². The lowest BCUT2D eigenvalue weighted by Crippen LogP contribution is -2.73. The Hall–Kier alpha value is -3.30. The summed E-state index contributed by atoms with van der Waals surface area (Å²) in [7, 11) is 0. The maximum absolute atomic E-state index is 13.4. The fraction of sp³-hybridized carbons (Fsp3) is 0.800. The van der Waals surface area contributed by atoms with E-state index in [9.17, 15) is 28.8 Å². The van der Waals surface area contributed by atoms with Gasteiger partial charge in [-0.2, -0.15) is 0 Å². The molecule has 0 saturated carbocycles. The average molecular weight is 624 g/mol. The summed E-state index contributed by atoms with van der Waals surface area (Å²) < 4.78 is 0. The van der Waals surface area contributed by atoms with Crippen LogP contribution in [0.2, 0.25) is 0 Å². The van der Waals surface area contributed by atoms with E-state index in [1.165, 1.54) is 0 Å². The van der Waals surface area contributed by atoms with Crippen molar-refractivity contribution in [2.75, 3.05) is 65.4 Å². The van der Waals surface area contributed by atoms with Gasteiger partial charge in [-0.05, 0) is 38.6 Å². The molecule has 242 valence electrons. The highest BCUT2D eigenvalue weighted by molar-refractivity contribution is 5.99. The zero-order chi connectivity index (χ0) is 31.2. The zero-order valence-corrected chi connectivity index (χ0v) is 25.6. The number of β-lactam (4-membered cyclic amide) rings is 6. The van der Waals surface area contributed by atoms with Crippen LogP contribution in [0.15, 0.2) is 0 Å². The van der Waals surface area contributed by atoms with Crippen molar-refractivity contribution in [3.8, 4) is 0 Å². The number of hydrogen-bond acceptors (Lipinski definition) is 9. The molecule has 15 nitrogen and oxygen atoms in total. The van der Waals surface area contributed by atoms with E-state index in [2.05, 4.69) is 46.6 Å². The van der Waals surface area contributed by atoms with Crippen LogP contribution in [0.1, 0.15) is 39.0 Å². The summed E-state index contributed by atoms with van der Waals surface area (Å²) in [6.45, 7) is 7.54. The van der Waals surface area contributed by atoms with Gasteiger partial charge >= 0.3 is 0 Å². The summed E-state index contributed by atoms with van der Waals surface area (Å²) >= 11 is 0. The third-order valence-electron chi connectivity index (χ3n) is 13.7. The number of nitrogens with one attached hydrogen (secondary N) is 6. The van der Waals surface area contributed by atoms with Gasteiger partial charge in [-0.1, -0.05) is 6.92 Å². The Morgan fingerprint density at radius 2 is 1.00 bits per heavy atom. The first-order chi connectivity index (χ1) is 21.5. The molecule has 0 aromatic rings. The molecule has 45 heavy (non-hydrogen) atoms. The lowest BCUT2D eigenvalue weighted by Gasteiger charge is -2.50. The predicted octanol–water partition coefficient (Wildman–Crippen LogP) is -4.40. The van der Waals surface area contributed by atoms with Crippen LogP contribution in [-0.4, -0.2) is 144 Å². The van der Waals surface area contributed by atoms with Gasteiger partial charge < -0.3 is 31.9 Å². The molecule has 6 spiro atoms. The van der Waals surface area contributed by atoms with E-state index in [1.54, 1.807) is 0 Å². The number of rotatable bonds is 7. The Morgan fingerprint density at radius 1 is 0.556 bits per heavy atom. The number of likely N-dealkylation sites (tertiary alicyclic amines) is 3. The second-order valence-electron chi connectivity index (χ2n) is 15.4. The molecule has 9 saturated heterocycles. The quantitative estimate of drug-likeness (QED) is 0.153. The Bertz CT molecular complexity index is 1490. The highest BCUT2D eigenvalue weighted by Crippen LogP contribution is 2.54. The fourth-order valence-electron chi connectivity index (χ4n) is 10.7. The molecule has 0 aromatic carbocycles. The van der Waals surface area contributed by atoms with Gasteiger partial charge in [-0.25, -0.2) is 0 Å². The highest BCUT2D eigenvalue weighted by Gasteiger charge is 2.72. The van der Waals surface area contributed by atoms with E-state index < -0.39 is 32.9 Å². The van der Waals surface area contributed by atoms with E-state index in [1.807, 2.05) is 6.92 Å². The SMILES string of the molecule is CCN1CC2(CC13CNC3=O)C(=O)NC2CCN1CC2(CC13CNC3=O)C(=O)NC2CCN1CC2(CNC2=O)CC12CNC2=O. The number of carbonyl (C=O) groups is 6.